The van der Waals surface area contributed by atoms with Crippen LogP contribution in [0.15, 0.2) is 66.7 Å². The van der Waals surface area contributed by atoms with Gasteiger partial charge in [-0.2, -0.15) is 0 Å². The van der Waals surface area contributed by atoms with Crippen molar-refractivity contribution in [3.63, 3.8) is 0 Å². The highest BCUT2D eigenvalue weighted by molar-refractivity contribution is 5.81. The van der Waals surface area contributed by atoms with E-state index in [1.807, 2.05) is 48.5 Å². The molecule has 0 saturated heterocycles. The van der Waals surface area contributed by atoms with E-state index in [1.165, 1.54) is 6.07 Å². The molecule has 2 N–H and O–H groups in total. The molecule has 32 heavy (non-hydrogen) atoms. The molecule has 1 aliphatic carbocycles. The Morgan fingerprint density at radius 1 is 0.906 bits per heavy atom. The molecule has 164 valence electrons. The highest BCUT2D eigenvalue weighted by Crippen LogP contribution is 2.44. The third-order valence-electron chi connectivity index (χ3n) is 5.68. The summed E-state index contributed by atoms with van der Waals surface area (Å²) in [4.78, 5) is 23.9. The lowest BCUT2D eigenvalue weighted by atomic mass is 9.98. The molecule has 0 bridgehead atoms. The van der Waals surface area contributed by atoms with Gasteiger partial charge in [-0.1, -0.05) is 54.6 Å². The van der Waals surface area contributed by atoms with Gasteiger partial charge in [0, 0.05) is 11.5 Å². The van der Waals surface area contributed by atoms with Crippen molar-refractivity contribution in [2.45, 2.75) is 24.8 Å². The van der Waals surface area contributed by atoms with E-state index in [4.69, 9.17) is 4.74 Å². The van der Waals surface area contributed by atoms with Crippen LogP contribution in [-0.4, -0.2) is 29.8 Å². The van der Waals surface area contributed by atoms with Crippen LogP contribution in [0.2, 0.25) is 0 Å². The molecule has 3 aromatic rings. The summed E-state index contributed by atoms with van der Waals surface area (Å²) in [5.41, 5.74) is 4.01. The Morgan fingerprint density at radius 2 is 1.47 bits per heavy atom. The number of hydrogen-bond acceptors (Lipinski definition) is 3. The molecule has 1 amide bonds. The quantitative estimate of drug-likeness (QED) is 0.552. The van der Waals surface area contributed by atoms with E-state index < -0.39 is 29.7 Å². The van der Waals surface area contributed by atoms with Gasteiger partial charge >= 0.3 is 12.1 Å². The lowest BCUT2D eigenvalue weighted by molar-refractivity contribution is -0.139. The SMILES string of the molecule is O=C(N[C@@H](CCc1c(F)cccc1F)C(=O)O)OCC1c2ccccc2-c2ccccc21. The van der Waals surface area contributed by atoms with Crippen molar-refractivity contribution in [2.75, 3.05) is 6.61 Å². The maximum Gasteiger partial charge on any atom is 0.407 e. The first-order valence-electron chi connectivity index (χ1n) is 10.2. The fourth-order valence-corrected chi connectivity index (χ4v) is 4.10. The van der Waals surface area contributed by atoms with Crippen LogP contribution in [0.1, 0.15) is 29.0 Å². The molecule has 0 spiro atoms. The lowest BCUT2D eigenvalue weighted by Gasteiger charge is -2.17. The largest absolute Gasteiger partial charge is 0.480 e. The number of benzene rings is 3. The van der Waals surface area contributed by atoms with Crippen LogP contribution in [0, 0.1) is 11.6 Å². The molecule has 4 rings (SSSR count). The van der Waals surface area contributed by atoms with E-state index >= 15 is 0 Å². The van der Waals surface area contributed by atoms with Gasteiger partial charge in [0.1, 0.15) is 24.3 Å². The van der Waals surface area contributed by atoms with E-state index in [0.29, 0.717) is 0 Å². The van der Waals surface area contributed by atoms with Crippen molar-refractivity contribution < 1.29 is 28.2 Å². The fourth-order valence-electron chi connectivity index (χ4n) is 4.10. The zero-order valence-corrected chi connectivity index (χ0v) is 17.1. The van der Waals surface area contributed by atoms with Crippen LogP contribution in [0.25, 0.3) is 11.1 Å². The Morgan fingerprint density at radius 3 is 2.03 bits per heavy atom. The number of ether oxygens (including phenoxy) is 1. The maximum atomic E-state index is 13.8. The van der Waals surface area contributed by atoms with Gasteiger partial charge in [0.05, 0.1) is 0 Å². The molecule has 0 aromatic heterocycles. The number of rotatable bonds is 7. The second-order valence-electron chi connectivity index (χ2n) is 7.60. The number of fused-ring (bicyclic) bond motifs is 3. The minimum atomic E-state index is -1.34. The average molecular weight is 437 g/mol. The summed E-state index contributed by atoms with van der Waals surface area (Å²) in [6.45, 7) is 0.0359. The molecule has 5 nitrogen and oxygen atoms in total. The van der Waals surface area contributed by atoms with Crippen molar-refractivity contribution >= 4 is 12.1 Å². The highest BCUT2D eigenvalue weighted by Gasteiger charge is 2.29. The van der Waals surface area contributed by atoms with Crippen molar-refractivity contribution in [2.24, 2.45) is 0 Å². The summed E-state index contributed by atoms with van der Waals surface area (Å²) in [5, 5.41) is 11.7. The second kappa shape index (κ2) is 9.18. The normalized spacial score (nSPS) is 13.2. The number of alkyl carbamates (subject to hydrolysis) is 1. The monoisotopic (exact) mass is 437 g/mol. The highest BCUT2D eigenvalue weighted by atomic mass is 19.1. The fraction of sp³-hybridized carbons (Fsp3) is 0.200. The zero-order chi connectivity index (χ0) is 22.7. The van der Waals surface area contributed by atoms with Gasteiger partial charge in [0.15, 0.2) is 0 Å². The molecule has 1 atom stereocenters. The summed E-state index contributed by atoms with van der Waals surface area (Å²) in [6.07, 6.45) is -1.26. The third-order valence-corrected chi connectivity index (χ3v) is 5.68. The number of carbonyl (C=O) groups excluding carboxylic acids is 1. The number of carboxylic acids is 1. The Bertz CT molecular complexity index is 1100. The first-order chi connectivity index (χ1) is 15.5. The number of nitrogens with one attached hydrogen (secondary N) is 1. The summed E-state index contributed by atoms with van der Waals surface area (Å²) in [6, 6.07) is 17.8. The molecule has 0 radical (unpaired) electrons. The number of amides is 1. The predicted molar refractivity (Wildman–Crippen MR) is 114 cm³/mol. The molecular formula is C25H21F2NO4. The van der Waals surface area contributed by atoms with Gasteiger partial charge < -0.3 is 15.2 Å². The van der Waals surface area contributed by atoms with Gasteiger partial charge in [0.2, 0.25) is 0 Å². The second-order valence-corrected chi connectivity index (χ2v) is 7.60. The lowest BCUT2D eigenvalue weighted by Crippen LogP contribution is -2.41. The van der Waals surface area contributed by atoms with E-state index in [1.54, 1.807) is 0 Å². The number of aliphatic carboxylic acids is 1. The van der Waals surface area contributed by atoms with Gasteiger partial charge in [-0.25, -0.2) is 18.4 Å². The number of hydrogen-bond donors (Lipinski definition) is 2. The molecule has 0 fully saturated rings. The summed E-state index contributed by atoms with van der Waals surface area (Å²) in [5.74, 6) is -2.98. The van der Waals surface area contributed by atoms with Gasteiger partial charge in [0.25, 0.3) is 0 Å². The zero-order valence-electron chi connectivity index (χ0n) is 17.1. The van der Waals surface area contributed by atoms with Crippen LogP contribution in [0.3, 0.4) is 0 Å². The third kappa shape index (κ3) is 4.32. The molecule has 3 aromatic carbocycles. The van der Waals surface area contributed by atoms with Crippen LogP contribution in [0.4, 0.5) is 13.6 Å². The summed E-state index contributed by atoms with van der Waals surface area (Å²) < 4.78 is 33.0. The molecule has 0 saturated carbocycles. The van der Waals surface area contributed by atoms with Crippen molar-refractivity contribution in [3.8, 4) is 11.1 Å². The van der Waals surface area contributed by atoms with E-state index in [9.17, 15) is 23.5 Å². The number of halogens is 2. The van der Waals surface area contributed by atoms with Crippen molar-refractivity contribution in [3.05, 3.63) is 95.1 Å². The smallest absolute Gasteiger partial charge is 0.407 e. The molecule has 0 unspecified atom stereocenters. The van der Waals surface area contributed by atoms with Crippen molar-refractivity contribution in [1.82, 2.24) is 5.32 Å². The first kappa shape index (κ1) is 21.5. The minimum Gasteiger partial charge on any atom is -0.480 e. The van der Waals surface area contributed by atoms with Crippen LogP contribution < -0.4 is 5.32 Å². The van der Waals surface area contributed by atoms with Crippen LogP contribution in [-0.2, 0) is 16.0 Å². The van der Waals surface area contributed by atoms with E-state index in [2.05, 4.69) is 5.32 Å². The van der Waals surface area contributed by atoms with Crippen LogP contribution in [0.5, 0.6) is 0 Å². The maximum absolute atomic E-state index is 13.8. The minimum absolute atomic E-state index is 0.0359. The molecule has 1 aliphatic rings. The first-order valence-corrected chi connectivity index (χ1v) is 10.2. The molecule has 7 heteroatoms. The van der Waals surface area contributed by atoms with E-state index in [-0.39, 0.29) is 30.9 Å². The van der Waals surface area contributed by atoms with Gasteiger partial charge in [-0.05, 0) is 47.2 Å². The number of carboxylic acid groups (broad SMARTS) is 1. The van der Waals surface area contributed by atoms with E-state index in [0.717, 1.165) is 34.4 Å². The summed E-state index contributed by atoms with van der Waals surface area (Å²) >= 11 is 0. The Kier molecular flexibility index (Phi) is 6.16. The molecule has 0 heterocycles. The molecular weight excluding hydrogens is 416 g/mol. The van der Waals surface area contributed by atoms with Crippen LogP contribution >= 0.6 is 0 Å². The average Bonchev–Trinajstić information content (AvgIpc) is 3.10. The van der Waals surface area contributed by atoms with Gasteiger partial charge in [-0.15, -0.1) is 0 Å². The molecule has 0 aliphatic heterocycles. The number of carbonyl (C=O) groups is 2. The van der Waals surface area contributed by atoms with Gasteiger partial charge in [-0.3, -0.25) is 0 Å². The predicted octanol–water partition coefficient (Wildman–Crippen LogP) is 4.89. The summed E-state index contributed by atoms with van der Waals surface area (Å²) in [7, 11) is 0. The topological polar surface area (TPSA) is 75.6 Å². The Labute approximate surface area is 183 Å². The standard InChI is InChI=1S/C25H21F2NO4/c26-21-10-5-11-22(27)19(21)12-13-23(24(29)30)28-25(31)32-14-20-17-8-3-1-6-15(17)16-7-2-4-9-18(16)20/h1-11,20,23H,12-14H2,(H,28,31)(H,29,30)/t23-/m0/s1. The Balaban J connectivity index is 1.40. The Hall–Kier alpha value is -3.74. The van der Waals surface area contributed by atoms with Crippen molar-refractivity contribution in [1.29, 1.82) is 0 Å².